The van der Waals surface area contributed by atoms with E-state index in [2.05, 4.69) is 37.9 Å². The fourth-order valence-electron chi connectivity index (χ4n) is 4.42. The summed E-state index contributed by atoms with van der Waals surface area (Å²) in [5.41, 5.74) is 1.88. The van der Waals surface area contributed by atoms with E-state index in [4.69, 9.17) is 4.74 Å². The van der Waals surface area contributed by atoms with Gasteiger partial charge in [0, 0.05) is 25.9 Å². The Bertz CT molecular complexity index is 972. The number of piperazine rings is 1. The van der Waals surface area contributed by atoms with Gasteiger partial charge in [-0.3, -0.25) is 9.59 Å². The number of phenolic OH excluding ortho intramolecular Hbond substituents is 1. The van der Waals surface area contributed by atoms with Crippen molar-refractivity contribution >= 4 is 49.7 Å². The second-order valence-electron chi connectivity index (χ2n) is 8.89. The summed E-state index contributed by atoms with van der Waals surface area (Å²) in [6, 6.07) is 13.4. The maximum Gasteiger partial charge on any atom is 0.246 e. The lowest BCUT2D eigenvalue weighted by atomic mass is 9.94. The Balaban J connectivity index is 1.84. The molecule has 1 fully saturated rings. The van der Waals surface area contributed by atoms with E-state index in [0.717, 1.165) is 29.1 Å². The summed E-state index contributed by atoms with van der Waals surface area (Å²) in [6.45, 7) is 1.57. The van der Waals surface area contributed by atoms with Crippen LogP contribution in [0.15, 0.2) is 48.5 Å². The van der Waals surface area contributed by atoms with Gasteiger partial charge >= 0.3 is 0 Å². The van der Waals surface area contributed by atoms with Crippen molar-refractivity contribution in [1.82, 2.24) is 9.80 Å². The number of carbonyl (C=O) groups is 2. The summed E-state index contributed by atoms with van der Waals surface area (Å²) in [5.74, 6) is 2.92. The van der Waals surface area contributed by atoms with E-state index < -0.39 is 12.1 Å². The van der Waals surface area contributed by atoms with Crippen LogP contribution in [0.1, 0.15) is 30.4 Å². The summed E-state index contributed by atoms with van der Waals surface area (Å²) in [6.07, 6.45) is 3.13. The van der Waals surface area contributed by atoms with Crippen LogP contribution >= 0.6 is 37.9 Å². The van der Waals surface area contributed by atoms with Crippen LogP contribution in [0.3, 0.4) is 0 Å². The molecule has 6 nitrogen and oxygen atoms in total. The van der Waals surface area contributed by atoms with Gasteiger partial charge in [0.05, 0.1) is 6.61 Å². The van der Waals surface area contributed by atoms with Gasteiger partial charge in [-0.25, -0.2) is 0 Å². The summed E-state index contributed by atoms with van der Waals surface area (Å²) < 4.78 is 5.72. The van der Waals surface area contributed by atoms with Crippen molar-refractivity contribution in [3.8, 4) is 11.5 Å². The molecule has 1 N–H and O–H groups in total. The van der Waals surface area contributed by atoms with Crippen molar-refractivity contribution in [3.63, 3.8) is 0 Å². The monoisotopic (exact) mass is 548 g/mol. The Labute approximate surface area is 230 Å². The molecule has 0 aromatic heterocycles. The molecule has 1 saturated heterocycles. The minimum Gasteiger partial charge on any atom is -0.508 e. The van der Waals surface area contributed by atoms with Gasteiger partial charge in [-0.15, -0.1) is 0 Å². The molecule has 1 aliphatic rings. The topological polar surface area (TPSA) is 70.1 Å². The molecule has 1 unspecified atom stereocenters. The summed E-state index contributed by atoms with van der Waals surface area (Å²) in [4.78, 5) is 31.2. The second kappa shape index (κ2) is 14.7. The number of ether oxygens (including phenoxy) is 1. The predicted molar refractivity (Wildman–Crippen MR) is 154 cm³/mol. The number of thiol groups is 3. The Morgan fingerprint density at radius 2 is 1.14 bits per heavy atom. The minimum atomic E-state index is -0.583. The van der Waals surface area contributed by atoms with E-state index in [9.17, 15) is 14.7 Å². The van der Waals surface area contributed by atoms with Gasteiger partial charge in [-0.05, 0) is 71.9 Å². The first-order valence-corrected chi connectivity index (χ1v) is 14.3. The van der Waals surface area contributed by atoms with Crippen LogP contribution in [0.4, 0.5) is 0 Å². The Kier molecular flexibility index (Phi) is 11.7. The van der Waals surface area contributed by atoms with Gasteiger partial charge in [0.2, 0.25) is 11.8 Å². The molecule has 0 radical (unpaired) electrons. The minimum absolute atomic E-state index is 0.0339. The Hall–Kier alpha value is -1.97. The summed E-state index contributed by atoms with van der Waals surface area (Å²) >= 11 is 12.9. The van der Waals surface area contributed by atoms with E-state index in [-0.39, 0.29) is 17.6 Å². The normalized spacial score (nSPS) is 18.1. The average Bonchev–Trinajstić information content (AvgIpc) is 2.88. The average molecular weight is 549 g/mol. The molecule has 3 rings (SSSR count). The number of phenols is 1. The zero-order chi connectivity index (χ0) is 25.9. The lowest BCUT2D eigenvalue weighted by Crippen LogP contribution is -2.66. The van der Waals surface area contributed by atoms with Crippen LogP contribution < -0.4 is 4.74 Å². The summed E-state index contributed by atoms with van der Waals surface area (Å²) in [5, 5.41) is 9.64. The first kappa shape index (κ1) is 28.6. The van der Waals surface area contributed by atoms with Gasteiger partial charge in [0.25, 0.3) is 0 Å². The smallest absolute Gasteiger partial charge is 0.246 e. The molecule has 1 aliphatic heterocycles. The van der Waals surface area contributed by atoms with E-state index in [1.165, 1.54) is 0 Å². The van der Waals surface area contributed by atoms with Crippen molar-refractivity contribution in [3.05, 3.63) is 59.7 Å². The van der Waals surface area contributed by atoms with Gasteiger partial charge in [0.15, 0.2) is 0 Å². The van der Waals surface area contributed by atoms with Crippen molar-refractivity contribution < 1.29 is 19.4 Å². The van der Waals surface area contributed by atoms with Crippen LogP contribution in [-0.2, 0) is 22.4 Å². The third-order valence-corrected chi connectivity index (χ3v) is 7.24. The van der Waals surface area contributed by atoms with Gasteiger partial charge in [-0.2, -0.15) is 37.9 Å². The highest BCUT2D eigenvalue weighted by molar-refractivity contribution is 7.80. The predicted octanol–water partition coefficient (Wildman–Crippen LogP) is 3.92. The number of benzene rings is 2. The maximum atomic E-state index is 13.9. The SMILES string of the molecule is O=C1[C@@H](Cc2ccc(OCCCS)cc2)N(CCCS)C(=O)C(Cc2ccc(O)cc2)N1CCCS. The highest BCUT2D eigenvalue weighted by atomic mass is 32.1. The van der Waals surface area contributed by atoms with Crippen LogP contribution in [0, 0.1) is 0 Å². The third kappa shape index (κ3) is 7.76. The van der Waals surface area contributed by atoms with Crippen LogP contribution in [-0.4, -0.2) is 75.8 Å². The third-order valence-electron chi connectivity index (χ3n) is 6.29. The molecule has 0 spiro atoms. The number of amides is 2. The van der Waals surface area contributed by atoms with E-state index >= 15 is 0 Å². The lowest BCUT2D eigenvalue weighted by molar-refractivity contribution is -0.161. The van der Waals surface area contributed by atoms with E-state index in [1.54, 1.807) is 34.1 Å². The van der Waals surface area contributed by atoms with Crippen molar-refractivity contribution in [2.45, 2.75) is 44.2 Å². The molecule has 2 amide bonds. The van der Waals surface area contributed by atoms with Crippen molar-refractivity contribution in [1.29, 1.82) is 0 Å². The molecule has 0 bridgehead atoms. The van der Waals surface area contributed by atoms with E-state index in [0.29, 0.717) is 56.9 Å². The molecule has 2 aromatic carbocycles. The molecule has 36 heavy (non-hydrogen) atoms. The first-order valence-electron chi connectivity index (χ1n) is 12.4. The largest absolute Gasteiger partial charge is 0.508 e. The van der Waals surface area contributed by atoms with Crippen LogP contribution in [0.5, 0.6) is 11.5 Å². The highest BCUT2D eigenvalue weighted by Crippen LogP contribution is 2.26. The van der Waals surface area contributed by atoms with Crippen LogP contribution in [0.2, 0.25) is 0 Å². The standard InChI is InChI=1S/C27H36N2O4S3/c30-22-8-4-20(5-9-22)18-24-26(31)29(13-2-16-35)25(27(32)28(24)12-1-15-34)19-21-6-10-23(11-7-21)33-14-3-17-36/h4-11,24-25,30,34-36H,1-3,12-19H2/t24?,25-/m1/s1. The molecular weight excluding hydrogens is 513 g/mol. The number of hydrogen-bond acceptors (Lipinski definition) is 7. The molecule has 1 heterocycles. The number of aromatic hydroxyl groups is 1. The van der Waals surface area contributed by atoms with Crippen molar-refractivity contribution in [2.24, 2.45) is 0 Å². The maximum absolute atomic E-state index is 13.9. The molecule has 2 atom stereocenters. The fourth-order valence-corrected chi connectivity index (χ4v) is 4.83. The first-order chi connectivity index (χ1) is 17.5. The highest BCUT2D eigenvalue weighted by Gasteiger charge is 2.45. The molecular formula is C27H36N2O4S3. The zero-order valence-electron chi connectivity index (χ0n) is 20.5. The number of nitrogens with zero attached hydrogens (tertiary/aromatic N) is 2. The molecule has 0 saturated carbocycles. The Morgan fingerprint density at radius 3 is 1.58 bits per heavy atom. The van der Waals surface area contributed by atoms with Gasteiger partial charge < -0.3 is 19.6 Å². The molecule has 196 valence electrons. The van der Waals surface area contributed by atoms with Gasteiger partial charge in [0.1, 0.15) is 23.6 Å². The number of hydrogen-bond donors (Lipinski definition) is 4. The van der Waals surface area contributed by atoms with E-state index in [1.807, 2.05) is 24.3 Å². The zero-order valence-corrected chi connectivity index (χ0v) is 23.1. The lowest BCUT2D eigenvalue weighted by Gasteiger charge is -2.45. The van der Waals surface area contributed by atoms with Crippen LogP contribution in [0.25, 0.3) is 0 Å². The number of rotatable bonds is 14. The molecule has 2 aromatic rings. The Morgan fingerprint density at radius 1 is 0.694 bits per heavy atom. The fraction of sp³-hybridized carbons (Fsp3) is 0.481. The molecule has 0 aliphatic carbocycles. The number of carbonyl (C=O) groups excluding carboxylic acids is 2. The van der Waals surface area contributed by atoms with Crippen molar-refractivity contribution in [2.75, 3.05) is 37.0 Å². The summed E-state index contributed by atoms with van der Waals surface area (Å²) in [7, 11) is 0. The second-order valence-corrected chi connectivity index (χ2v) is 10.2. The van der Waals surface area contributed by atoms with Gasteiger partial charge in [-0.1, -0.05) is 24.3 Å². The quantitative estimate of drug-likeness (QED) is 0.213. The molecule has 9 heteroatoms.